The predicted molar refractivity (Wildman–Crippen MR) is 42.4 cm³/mol. The van der Waals surface area contributed by atoms with Gasteiger partial charge in [0.1, 0.15) is 0 Å². The number of aliphatic hydroxyl groups is 1. The van der Waals surface area contributed by atoms with Gasteiger partial charge in [-0.1, -0.05) is 19.8 Å². The van der Waals surface area contributed by atoms with Gasteiger partial charge in [0, 0.05) is 6.61 Å². The molecular weight excluding hydrogens is 144 g/mol. The summed E-state index contributed by atoms with van der Waals surface area (Å²) in [6.07, 6.45) is 3.01. The number of rotatable bonds is 6. The van der Waals surface area contributed by atoms with Crippen LogP contribution in [0.5, 0.6) is 0 Å². The fraction of sp³-hybridized carbons (Fsp3) is 0.875. The van der Waals surface area contributed by atoms with Crippen LogP contribution in [-0.4, -0.2) is 22.8 Å². The Balaban J connectivity index is 3.60. The van der Waals surface area contributed by atoms with Crippen LogP contribution in [0.15, 0.2) is 0 Å². The topological polar surface area (TPSA) is 57.5 Å². The lowest BCUT2D eigenvalue weighted by molar-refractivity contribution is -0.142. The standard InChI is InChI=1S/C8H16O3/c1-2-3-4-7(5-6-9)8(10)11/h7,9H,2-6H2,1H3,(H,10,11). The highest BCUT2D eigenvalue weighted by Gasteiger charge is 2.15. The van der Waals surface area contributed by atoms with E-state index in [2.05, 4.69) is 0 Å². The third-order valence-corrected chi connectivity index (χ3v) is 1.73. The molecule has 0 heterocycles. The maximum Gasteiger partial charge on any atom is 0.306 e. The molecule has 0 saturated heterocycles. The number of carboxylic acid groups (broad SMARTS) is 1. The maximum absolute atomic E-state index is 10.5. The minimum absolute atomic E-state index is 0.0271. The number of aliphatic hydroxyl groups excluding tert-OH is 1. The first kappa shape index (κ1) is 10.4. The molecule has 1 unspecified atom stereocenters. The molecule has 0 amide bonds. The second-order valence-electron chi connectivity index (χ2n) is 2.69. The third-order valence-electron chi connectivity index (χ3n) is 1.73. The minimum atomic E-state index is -0.785. The van der Waals surface area contributed by atoms with Crippen molar-refractivity contribution in [1.29, 1.82) is 0 Å². The van der Waals surface area contributed by atoms with Gasteiger partial charge in [0.15, 0.2) is 0 Å². The van der Waals surface area contributed by atoms with Gasteiger partial charge in [-0.05, 0) is 12.8 Å². The van der Waals surface area contributed by atoms with Crippen molar-refractivity contribution in [2.24, 2.45) is 5.92 Å². The van der Waals surface area contributed by atoms with Crippen LogP contribution in [0.2, 0.25) is 0 Å². The Bertz CT molecular complexity index is 112. The van der Waals surface area contributed by atoms with Gasteiger partial charge in [-0.2, -0.15) is 0 Å². The van der Waals surface area contributed by atoms with Crippen molar-refractivity contribution < 1.29 is 15.0 Å². The fourth-order valence-electron chi connectivity index (χ4n) is 0.998. The molecule has 0 aliphatic carbocycles. The third kappa shape index (κ3) is 4.79. The molecule has 3 nitrogen and oxygen atoms in total. The van der Waals surface area contributed by atoms with Crippen molar-refractivity contribution in [1.82, 2.24) is 0 Å². The van der Waals surface area contributed by atoms with Crippen LogP contribution in [0, 0.1) is 5.92 Å². The first-order valence-electron chi connectivity index (χ1n) is 4.06. The fourth-order valence-corrected chi connectivity index (χ4v) is 0.998. The van der Waals surface area contributed by atoms with Crippen LogP contribution in [0.25, 0.3) is 0 Å². The predicted octanol–water partition coefficient (Wildman–Crippen LogP) is 1.26. The van der Waals surface area contributed by atoms with E-state index in [1.54, 1.807) is 0 Å². The normalized spacial score (nSPS) is 12.9. The van der Waals surface area contributed by atoms with Crippen molar-refractivity contribution >= 4 is 5.97 Å². The molecule has 0 aromatic carbocycles. The van der Waals surface area contributed by atoms with E-state index in [9.17, 15) is 4.79 Å². The van der Waals surface area contributed by atoms with E-state index in [0.717, 1.165) is 12.8 Å². The summed E-state index contributed by atoms with van der Waals surface area (Å²) in [5.41, 5.74) is 0. The highest BCUT2D eigenvalue weighted by molar-refractivity contribution is 5.69. The average molecular weight is 160 g/mol. The van der Waals surface area contributed by atoms with E-state index < -0.39 is 5.97 Å². The number of unbranched alkanes of at least 4 members (excludes halogenated alkanes) is 1. The van der Waals surface area contributed by atoms with Crippen molar-refractivity contribution in [2.45, 2.75) is 32.6 Å². The molecular formula is C8H16O3. The highest BCUT2D eigenvalue weighted by atomic mass is 16.4. The largest absolute Gasteiger partial charge is 0.481 e. The summed E-state index contributed by atoms with van der Waals surface area (Å²) in [5.74, 6) is -1.13. The zero-order valence-corrected chi connectivity index (χ0v) is 6.92. The Morgan fingerprint density at radius 3 is 2.45 bits per heavy atom. The van der Waals surface area contributed by atoms with Gasteiger partial charge in [0.05, 0.1) is 5.92 Å². The number of hydrogen-bond acceptors (Lipinski definition) is 2. The molecule has 0 aromatic heterocycles. The van der Waals surface area contributed by atoms with Crippen LogP contribution < -0.4 is 0 Å². The second-order valence-corrected chi connectivity index (χ2v) is 2.69. The average Bonchev–Trinajstić information content (AvgIpc) is 1.97. The van der Waals surface area contributed by atoms with Gasteiger partial charge in [0.25, 0.3) is 0 Å². The Morgan fingerprint density at radius 2 is 2.09 bits per heavy atom. The summed E-state index contributed by atoms with van der Waals surface area (Å²) in [6, 6.07) is 0. The van der Waals surface area contributed by atoms with E-state index in [1.807, 2.05) is 6.92 Å². The molecule has 66 valence electrons. The number of aliphatic carboxylic acids is 1. The Morgan fingerprint density at radius 1 is 1.45 bits per heavy atom. The van der Waals surface area contributed by atoms with Crippen molar-refractivity contribution in [3.05, 3.63) is 0 Å². The van der Waals surface area contributed by atoms with Gasteiger partial charge < -0.3 is 10.2 Å². The van der Waals surface area contributed by atoms with Crippen LogP contribution >= 0.6 is 0 Å². The highest BCUT2D eigenvalue weighted by Crippen LogP contribution is 2.12. The molecule has 0 aliphatic heterocycles. The first-order chi connectivity index (χ1) is 5.22. The molecule has 2 N–H and O–H groups in total. The number of hydrogen-bond donors (Lipinski definition) is 2. The molecule has 0 spiro atoms. The summed E-state index contributed by atoms with van der Waals surface area (Å²) in [7, 11) is 0. The van der Waals surface area contributed by atoms with Crippen molar-refractivity contribution in [2.75, 3.05) is 6.61 Å². The molecule has 1 atom stereocenters. The summed E-state index contributed by atoms with van der Waals surface area (Å²) >= 11 is 0. The summed E-state index contributed by atoms with van der Waals surface area (Å²) in [6.45, 7) is 2.00. The Labute approximate surface area is 67.0 Å². The van der Waals surface area contributed by atoms with Gasteiger partial charge >= 0.3 is 5.97 Å². The molecule has 3 heteroatoms. The molecule has 0 radical (unpaired) electrons. The number of carbonyl (C=O) groups is 1. The van der Waals surface area contributed by atoms with E-state index in [4.69, 9.17) is 10.2 Å². The lowest BCUT2D eigenvalue weighted by Gasteiger charge is -2.08. The van der Waals surface area contributed by atoms with Crippen LogP contribution in [-0.2, 0) is 4.79 Å². The van der Waals surface area contributed by atoms with Crippen LogP contribution in [0.1, 0.15) is 32.6 Å². The molecule has 0 aromatic rings. The zero-order valence-electron chi connectivity index (χ0n) is 6.92. The first-order valence-corrected chi connectivity index (χ1v) is 4.06. The van der Waals surface area contributed by atoms with E-state index in [0.29, 0.717) is 12.8 Å². The van der Waals surface area contributed by atoms with Crippen LogP contribution in [0.3, 0.4) is 0 Å². The Hall–Kier alpha value is -0.570. The van der Waals surface area contributed by atoms with Crippen LogP contribution in [0.4, 0.5) is 0 Å². The molecule has 0 bridgehead atoms. The summed E-state index contributed by atoms with van der Waals surface area (Å²) in [4.78, 5) is 10.5. The monoisotopic (exact) mass is 160 g/mol. The second kappa shape index (κ2) is 6.16. The quantitative estimate of drug-likeness (QED) is 0.615. The van der Waals surface area contributed by atoms with Crippen molar-refractivity contribution in [3.8, 4) is 0 Å². The summed E-state index contributed by atoms with van der Waals surface area (Å²) in [5, 5.41) is 17.1. The van der Waals surface area contributed by atoms with Gasteiger partial charge in [0.2, 0.25) is 0 Å². The van der Waals surface area contributed by atoms with E-state index >= 15 is 0 Å². The lowest BCUT2D eigenvalue weighted by Crippen LogP contribution is -2.14. The SMILES string of the molecule is CCCCC(CCO)C(=O)O. The van der Waals surface area contributed by atoms with E-state index in [-0.39, 0.29) is 12.5 Å². The Kier molecular flexibility index (Phi) is 5.84. The molecule has 0 rings (SSSR count). The minimum Gasteiger partial charge on any atom is -0.481 e. The van der Waals surface area contributed by atoms with Gasteiger partial charge in [-0.15, -0.1) is 0 Å². The molecule has 11 heavy (non-hydrogen) atoms. The summed E-state index contributed by atoms with van der Waals surface area (Å²) < 4.78 is 0. The van der Waals surface area contributed by atoms with Gasteiger partial charge in [-0.25, -0.2) is 0 Å². The maximum atomic E-state index is 10.5. The van der Waals surface area contributed by atoms with E-state index in [1.165, 1.54) is 0 Å². The van der Waals surface area contributed by atoms with Crippen molar-refractivity contribution in [3.63, 3.8) is 0 Å². The smallest absolute Gasteiger partial charge is 0.306 e. The van der Waals surface area contributed by atoms with Gasteiger partial charge in [-0.3, -0.25) is 4.79 Å². The molecule has 0 aliphatic rings. The lowest BCUT2D eigenvalue weighted by atomic mass is 9.99. The molecule has 0 fully saturated rings. The number of carboxylic acids is 1. The zero-order chi connectivity index (χ0) is 8.69. The molecule has 0 saturated carbocycles.